The predicted molar refractivity (Wildman–Crippen MR) is 85.5 cm³/mol. The number of amides is 1. The van der Waals surface area contributed by atoms with E-state index in [1.165, 1.54) is 30.3 Å². The van der Waals surface area contributed by atoms with Crippen LogP contribution in [0.15, 0.2) is 53.0 Å². The number of hydrogen-bond acceptors (Lipinski definition) is 6. The molecule has 0 unspecified atom stereocenters. The molecule has 0 spiro atoms. The first-order valence-corrected chi connectivity index (χ1v) is 6.80. The van der Waals surface area contributed by atoms with Gasteiger partial charge in [0.2, 0.25) is 0 Å². The summed E-state index contributed by atoms with van der Waals surface area (Å²) in [6, 6.07) is 11.6. The van der Waals surface area contributed by atoms with Crippen molar-refractivity contribution in [2.24, 2.45) is 5.84 Å². The second-order valence-corrected chi connectivity index (χ2v) is 4.84. The fourth-order valence-corrected chi connectivity index (χ4v) is 1.85. The lowest BCUT2D eigenvalue weighted by Crippen LogP contribution is -2.29. The maximum Gasteiger partial charge on any atom is 0.283 e. The van der Waals surface area contributed by atoms with Gasteiger partial charge in [-0.1, -0.05) is 12.1 Å². The number of nitrogens with zero attached hydrogens (tertiary/aromatic N) is 2. The summed E-state index contributed by atoms with van der Waals surface area (Å²) in [4.78, 5) is 30.4. The summed E-state index contributed by atoms with van der Waals surface area (Å²) >= 11 is 3.06. The predicted octanol–water partition coefficient (Wildman–Crippen LogP) is 2.56. The van der Waals surface area contributed by atoms with Gasteiger partial charge in [0.05, 0.1) is 14.3 Å². The van der Waals surface area contributed by atoms with Crippen molar-refractivity contribution in [2.75, 3.05) is 0 Å². The fourth-order valence-electron chi connectivity index (χ4n) is 1.42. The molecule has 9 nitrogen and oxygen atoms in total. The molecule has 0 aliphatic heterocycles. The smallest absolute Gasteiger partial charge is 0.283 e. The van der Waals surface area contributed by atoms with Gasteiger partial charge in [0.1, 0.15) is 0 Å². The number of nitrogen functional groups attached to an aromatic ring is 1. The quantitative estimate of drug-likeness (QED) is 0.361. The normalized spacial score (nSPS) is 9.30. The second-order valence-electron chi connectivity index (χ2n) is 3.99. The van der Waals surface area contributed by atoms with Crippen LogP contribution in [0.3, 0.4) is 0 Å². The molecule has 10 heteroatoms. The molecule has 0 saturated carbocycles. The molecule has 23 heavy (non-hydrogen) atoms. The number of nitro benzene ring substituents is 2. The molecular weight excluding hydrogens is 372 g/mol. The number of nitro groups is 2. The number of halogens is 1. The molecule has 0 radical (unpaired) electrons. The van der Waals surface area contributed by atoms with Gasteiger partial charge in [0.15, 0.2) is 0 Å². The number of para-hydroxylation sites is 1. The first kappa shape index (κ1) is 18.2. The third-order valence-corrected chi connectivity index (χ3v) is 3.19. The maximum absolute atomic E-state index is 10.9. The number of nitrogens with one attached hydrogen (secondary N) is 1. The third-order valence-electron chi connectivity index (χ3n) is 2.52. The Balaban J connectivity index is 0.000000238. The second kappa shape index (κ2) is 8.56. The number of non-ortho nitro benzene ring substituents is 1. The number of nitrogens with two attached hydrogens (primary N) is 1. The average Bonchev–Trinajstić information content (AvgIpc) is 2.55. The van der Waals surface area contributed by atoms with E-state index in [9.17, 15) is 25.0 Å². The van der Waals surface area contributed by atoms with Gasteiger partial charge in [-0.25, -0.2) is 5.84 Å². The van der Waals surface area contributed by atoms with Crippen molar-refractivity contribution in [1.82, 2.24) is 5.43 Å². The van der Waals surface area contributed by atoms with Gasteiger partial charge in [0, 0.05) is 23.8 Å². The van der Waals surface area contributed by atoms with E-state index in [1.807, 2.05) is 5.43 Å². The number of benzene rings is 2. The zero-order chi connectivity index (χ0) is 17.4. The monoisotopic (exact) mass is 382 g/mol. The number of hydrogen-bond donors (Lipinski definition) is 2. The zero-order valence-electron chi connectivity index (χ0n) is 11.5. The third kappa shape index (κ3) is 5.45. The van der Waals surface area contributed by atoms with Gasteiger partial charge in [-0.05, 0) is 34.1 Å². The molecule has 0 bridgehead atoms. The van der Waals surface area contributed by atoms with Crippen molar-refractivity contribution in [3.05, 3.63) is 78.8 Å². The molecule has 2 aromatic rings. The van der Waals surface area contributed by atoms with Crippen molar-refractivity contribution >= 4 is 33.2 Å². The highest BCUT2D eigenvalue weighted by molar-refractivity contribution is 9.10. The molecule has 0 heterocycles. The molecule has 2 aromatic carbocycles. The molecule has 0 fully saturated rings. The van der Waals surface area contributed by atoms with E-state index in [0.29, 0.717) is 4.47 Å². The van der Waals surface area contributed by atoms with Crippen LogP contribution in [0, 0.1) is 20.2 Å². The van der Waals surface area contributed by atoms with Crippen molar-refractivity contribution in [3.8, 4) is 0 Å². The molecule has 120 valence electrons. The Hall–Kier alpha value is -2.85. The van der Waals surface area contributed by atoms with E-state index < -0.39 is 15.8 Å². The summed E-state index contributed by atoms with van der Waals surface area (Å²) in [5.74, 6) is 4.39. The Morgan fingerprint density at radius 3 is 1.96 bits per heavy atom. The van der Waals surface area contributed by atoms with Crippen molar-refractivity contribution in [2.45, 2.75) is 0 Å². The first-order chi connectivity index (χ1) is 10.9. The number of carbonyl (C=O) groups excluding carboxylic acids is 1. The Morgan fingerprint density at radius 1 is 1.00 bits per heavy atom. The highest BCUT2D eigenvalue weighted by Gasteiger charge is 2.08. The van der Waals surface area contributed by atoms with E-state index >= 15 is 0 Å². The molecule has 0 saturated heterocycles. The summed E-state index contributed by atoms with van der Waals surface area (Å²) < 4.78 is 0.514. The van der Waals surface area contributed by atoms with Crippen LogP contribution < -0.4 is 11.3 Å². The topological polar surface area (TPSA) is 141 Å². The van der Waals surface area contributed by atoms with Crippen molar-refractivity contribution < 1.29 is 14.6 Å². The highest BCUT2D eigenvalue weighted by Crippen LogP contribution is 2.22. The van der Waals surface area contributed by atoms with Crippen LogP contribution in [0.25, 0.3) is 0 Å². The van der Waals surface area contributed by atoms with E-state index in [-0.39, 0.29) is 16.9 Å². The van der Waals surface area contributed by atoms with Crippen LogP contribution in [-0.2, 0) is 0 Å². The van der Waals surface area contributed by atoms with E-state index in [2.05, 4.69) is 15.9 Å². The van der Waals surface area contributed by atoms with Crippen molar-refractivity contribution in [1.29, 1.82) is 0 Å². The first-order valence-electron chi connectivity index (χ1n) is 6.01. The molecule has 0 aliphatic carbocycles. The Kier molecular flexibility index (Phi) is 6.77. The fraction of sp³-hybridized carbons (Fsp3) is 0. The molecule has 0 aliphatic rings. The minimum Gasteiger partial charge on any atom is -0.290 e. The molecule has 0 aromatic heterocycles. The SMILES string of the molecule is NNC(=O)c1ccc([N+](=O)[O-])cc1.O=[N+]([O-])c1ccccc1Br. The van der Waals surface area contributed by atoms with Crippen LogP contribution in [-0.4, -0.2) is 15.8 Å². The van der Waals surface area contributed by atoms with Gasteiger partial charge in [0.25, 0.3) is 17.3 Å². The van der Waals surface area contributed by atoms with Crippen LogP contribution in [0.1, 0.15) is 10.4 Å². The largest absolute Gasteiger partial charge is 0.290 e. The van der Waals surface area contributed by atoms with E-state index in [0.717, 1.165) is 0 Å². The zero-order valence-corrected chi connectivity index (χ0v) is 13.1. The minimum absolute atomic E-state index is 0.0615. The summed E-state index contributed by atoms with van der Waals surface area (Å²) in [6.07, 6.45) is 0. The van der Waals surface area contributed by atoms with Crippen molar-refractivity contribution in [3.63, 3.8) is 0 Å². The van der Waals surface area contributed by atoms with Crippen LogP contribution in [0.2, 0.25) is 0 Å². The lowest BCUT2D eigenvalue weighted by Gasteiger charge is -1.97. The van der Waals surface area contributed by atoms with Gasteiger partial charge in [-0.15, -0.1) is 0 Å². The van der Waals surface area contributed by atoms with Crippen LogP contribution >= 0.6 is 15.9 Å². The molecule has 0 atom stereocenters. The van der Waals surface area contributed by atoms with E-state index in [4.69, 9.17) is 5.84 Å². The molecule has 3 N–H and O–H groups in total. The van der Waals surface area contributed by atoms with Crippen LogP contribution in [0.4, 0.5) is 11.4 Å². The summed E-state index contributed by atoms with van der Waals surface area (Å²) in [5.41, 5.74) is 2.24. The lowest BCUT2D eigenvalue weighted by atomic mass is 10.2. The standard InChI is InChI=1S/C7H7N3O3.C6H4BrNO2/c8-9-7(11)5-1-3-6(4-2-5)10(12)13;7-5-3-1-2-4-6(5)8(9)10/h1-4H,8H2,(H,9,11);1-4H. The Morgan fingerprint density at radius 2 is 1.57 bits per heavy atom. The molecular formula is C13H11BrN4O5. The number of hydrazine groups is 1. The summed E-state index contributed by atoms with van der Waals surface area (Å²) in [6.45, 7) is 0. The summed E-state index contributed by atoms with van der Waals surface area (Å²) in [5, 5.41) is 20.4. The summed E-state index contributed by atoms with van der Waals surface area (Å²) in [7, 11) is 0. The van der Waals surface area contributed by atoms with Gasteiger partial charge in [-0.3, -0.25) is 30.4 Å². The van der Waals surface area contributed by atoms with Gasteiger partial charge < -0.3 is 0 Å². The minimum atomic E-state index is -0.538. The number of carbonyl (C=O) groups is 1. The van der Waals surface area contributed by atoms with Gasteiger partial charge in [-0.2, -0.15) is 0 Å². The van der Waals surface area contributed by atoms with Gasteiger partial charge >= 0.3 is 0 Å². The maximum atomic E-state index is 10.9. The Bertz CT molecular complexity index is 721. The number of rotatable bonds is 3. The molecule has 1 amide bonds. The Labute approximate surface area is 138 Å². The average molecular weight is 383 g/mol. The molecule has 2 rings (SSSR count). The highest BCUT2D eigenvalue weighted by atomic mass is 79.9. The lowest BCUT2D eigenvalue weighted by molar-refractivity contribution is -0.385. The van der Waals surface area contributed by atoms with E-state index in [1.54, 1.807) is 18.2 Å². The van der Waals surface area contributed by atoms with Crippen LogP contribution in [0.5, 0.6) is 0 Å².